The topological polar surface area (TPSA) is 82.7 Å². The number of aromatic nitrogens is 6. The van der Waals surface area contributed by atoms with Gasteiger partial charge in [-0.15, -0.1) is 10.2 Å². The van der Waals surface area contributed by atoms with Crippen molar-refractivity contribution in [1.82, 2.24) is 29.8 Å². The zero-order valence-electron chi connectivity index (χ0n) is 19.3. The van der Waals surface area contributed by atoms with Crippen LogP contribution >= 0.6 is 11.8 Å². The molecule has 1 aliphatic rings. The minimum absolute atomic E-state index is 0.438. The van der Waals surface area contributed by atoms with Crippen molar-refractivity contribution in [2.24, 2.45) is 0 Å². The third kappa shape index (κ3) is 5.25. The van der Waals surface area contributed by atoms with E-state index < -0.39 is 0 Å². The Labute approximate surface area is 203 Å². The molecule has 176 valence electrons. The molecule has 0 amide bonds. The molecule has 0 radical (unpaired) electrons. The first-order valence-electron chi connectivity index (χ1n) is 11.7. The maximum absolute atomic E-state index is 5.34. The quantitative estimate of drug-likeness (QED) is 0.330. The molecule has 34 heavy (non-hydrogen) atoms. The molecule has 2 heterocycles. The molecular formula is C25H29N7OS. The second-order valence-electron chi connectivity index (χ2n) is 8.40. The molecule has 0 unspecified atom stereocenters. The van der Waals surface area contributed by atoms with Gasteiger partial charge in [0.25, 0.3) is 0 Å². The summed E-state index contributed by atoms with van der Waals surface area (Å²) in [6, 6.07) is 18.4. The van der Waals surface area contributed by atoms with Gasteiger partial charge in [0.1, 0.15) is 5.75 Å². The average Bonchev–Trinajstić information content (AvgIpc) is 3.54. The third-order valence-electron chi connectivity index (χ3n) is 6.07. The summed E-state index contributed by atoms with van der Waals surface area (Å²) in [7, 11) is 1.68. The van der Waals surface area contributed by atoms with Crippen LogP contribution in [0.4, 0.5) is 5.69 Å². The minimum atomic E-state index is 0.438. The number of nitrogens with one attached hydrogen (secondary N) is 1. The van der Waals surface area contributed by atoms with E-state index in [1.165, 1.54) is 32.1 Å². The zero-order valence-corrected chi connectivity index (χ0v) is 20.1. The van der Waals surface area contributed by atoms with Crippen molar-refractivity contribution >= 4 is 17.4 Å². The van der Waals surface area contributed by atoms with Crippen LogP contribution in [0.5, 0.6) is 5.75 Å². The van der Waals surface area contributed by atoms with Crippen LogP contribution < -0.4 is 10.1 Å². The Balaban J connectivity index is 1.31. The van der Waals surface area contributed by atoms with Gasteiger partial charge in [-0.2, -0.15) is 15.0 Å². The second-order valence-corrected chi connectivity index (χ2v) is 9.34. The molecule has 0 aliphatic heterocycles. The summed E-state index contributed by atoms with van der Waals surface area (Å²) in [6.45, 7) is 0.613. The highest BCUT2D eigenvalue weighted by Crippen LogP contribution is 2.33. The fourth-order valence-electron chi connectivity index (χ4n) is 4.33. The Kier molecular flexibility index (Phi) is 7.09. The molecule has 1 N–H and O–H groups in total. The summed E-state index contributed by atoms with van der Waals surface area (Å²) in [5, 5.41) is 22.6. The maximum Gasteiger partial charge on any atom is 0.191 e. The van der Waals surface area contributed by atoms with E-state index in [0.717, 1.165) is 33.8 Å². The van der Waals surface area contributed by atoms with Crippen LogP contribution in [0.2, 0.25) is 0 Å². The fraction of sp³-hybridized carbons (Fsp3) is 0.360. The Morgan fingerprint density at radius 3 is 2.71 bits per heavy atom. The monoisotopic (exact) mass is 475 g/mol. The fourth-order valence-corrected chi connectivity index (χ4v) is 5.23. The normalized spacial score (nSPS) is 14.3. The molecule has 8 nitrogen and oxygen atoms in total. The van der Waals surface area contributed by atoms with E-state index in [4.69, 9.17) is 4.74 Å². The van der Waals surface area contributed by atoms with E-state index in [0.29, 0.717) is 18.3 Å². The third-order valence-corrected chi connectivity index (χ3v) is 7.05. The predicted molar refractivity (Wildman–Crippen MR) is 133 cm³/mol. The number of benzene rings is 2. The molecule has 9 heteroatoms. The van der Waals surface area contributed by atoms with Gasteiger partial charge < -0.3 is 14.6 Å². The van der Waals surface area contributed by atoms with Crippen LogP contribution in [0.25, 0.3) is 5.69 Å². The van der Waals surface area contributed by atoms with Crippen LogP contribution in [0, 0.1) is 0 Å². The van der Waals surface area contributed by atoms with Crippen LogP contribution in [0.15, 0.2) is 66.0 Å². The zero-order chi connectivity index (χ0) is 23.2. The minimum Gasteiger partial charge on any atom is -0.497 e. The molecule has 1 aliphatic carbocycles. The molecule has 0 saturated heterocycles. The van der Waals surface area contributed by atoms with Gasteiger partial charge in [0.05, 0.1) is 31.2 Å². The molecule has 1 fully saturated rings. The summed E-state index contributed by atoms with van der Waals surface area (Å²) in [4.78, 5) is 1.67. The van der Waals surface area contributed by atoms with E-state index in [2.05, 4.69) is 30.3 Å². The predicted octanol–water partition coefficient (Wildman–Crippen LogP) is 5.28. The molecule has 0 atom stereocenters. The first kappa shape index (κ1) is 22.5. The smallest absolute Gasteiger partial charge is 0.191 e. The molecule has 5 rings (SSSR count). The molecule has 0 spiro atoms. The van der Waals surface area contributed by atoms with Gasteiger partial charge in [-0.25, -0.2) is 0 Å². The highest BCUT2D eigenvalue weighted by atomic mass is 32.2. The van der Waals surface area contributed by atoms with Crippen molar-refractivity contribution in [3.63, 3.8) is 0 Å². The van der Waals surface area contributed by atoms with Crippen molar-refractivity contribution < 1.29 is 4.74 Å². The first-order valence-corrected chi connectivity index (χ1v) is 12.7. The molecular weight excluding hydrogens is 446 g/mol. The lowest BCUT2D eigenvalue weighted by atomic mass is 9.95. The summed E-state index contributed by atoms with van der Waals surface area (Å²) in [5.74, 6) is 2.49. The number of methoxy groups -OCH3 is 1. The van der Waals surface area contributed by atoms with Crippen molar-refractivity contribution in [2.75, 3.05) is 12.4 Å². The maximum atomic E-state index is 5.34. The Bertz CT molecular complexity index is 1200. The Hall–Kier alpha value is -3.33. The van der Waals surface area contributed by atoms with Gasteiger partial charge in [-0.05, 0) is 37.1 Å². The standard InChI is InChI=1S/C25H29N7OS/c1-33-23-14-8-9-19(15-23)26-17-24-28-29-25(31(24)21-10-4-2-5-11-21)34-18-20-16-27-32(30-20)22-12-6-3-7-13-22/h3,6-9,12-16,21,26H,2,4-5,10-11,17-18H2,1H3. The van der Waals surface area contributed by atoms with E-state index in [-0.39, 0.29) is 0 Å². The van der Waals surface area contributed by atoms with E-state index in [9.17, 15) is 0 Å². The number of thioether (sulfide) groups is 1. The summed E-state index contributed by atoms with van der Waals surface area (Å²) < 4.78 is 7.69. The summed E-state index contributed by atoms with van der Waals surface area (Å²) in [6.07, 6.45) is 7.97. The largest absolute Gasteiger partial charge is 0.497 e. The molecule has 2 aromatic carbocycles. The number of anilines is 1. The number of hydrogen-bond donors (Lipinski definition) is 1. The first-order chi connectivity index (χ1) is 16.8. The van der Waals surface area contributed by atoms with Gasteiger partial charge in [0, 0.05) is 23.5 Å². The van der Waals surface area contributed by atoms with Crippen LogP contribution in [0.1, 0.15) is 49.7 Å². The van der Waals surface area contributed by atoms with Gasteiger partial charge in [-0.3, -0.25) is 0 Å². The lowest BCUT2D eigenvalue weighted by Gasteiger charge is -2.25. The van der Waals surface area contributed by atoms with E-state index in [1.54, 1.807) is 23.7 Å². The lowest BCUT2D eigenvalue weighted by Crippen LogP contribution is -2.18. The highest BCUT2D eigenvalue weighted by Gasteiger charge is 2.23. The number of para-hydroxylation sites is 1. The average molecular weight is 476 g/mol. The van der Waals surface area contributed by atoms with E-state index >= 15 is 0 Å². The van der Waals surface area contributed by atoms with Gasteiger partial charge >= 0.3 is 0 Å². The number of rotatable bonds is 9. The van der Waals surface area contributed by atoms with Gasteiger partial charge in [0.2, 0.25) is 0 Å². The molecule has 1 saturated carbocycles. The van der Waals surface area contributed by atoms with Crippen molar-refractivity contribution in [3.8, 4) is 11.4 Å². The van der Waals surface area contributed by atoms with Gasteiger partial charge in [0.15, 0.2) is 11.0 Å². The number of ether oxygens (including phenoxy) is 1. The summed E-state index contributed by atoms with van der Waals surface area (Å²) >= 11 is 1.68. The van der Waals surface area contributed by atoms with E-state index in [1.807, 2.05) is 60.8 Å². The SMILES string of the molecule is COc1cccc(NCc2nnc(SCc3cnn(-c4ccccc4)n3)n2C2CCCCC2)c1. The van der Waals surface area contributed by atoms with Crippen LogP contribution in [0.3, 0.4) is 0 Å². The highest BCUT2D eigenvalue weighted by molar-refractivity contribution is 7.98. The second kappa shape index (κ2) is 10.7. The summed E-state index contributed by atoms with van der Waals surface area (Å²) in [5.41, 5.74) is 2.88. The number of hydrogen-bond acceptors (Lipinski definition) is 7. The van der Waals surface area contributed by atoms with Crippen molar-refractivity contribution in [2.45, 2.75) is 55.6 Å². The Morgan fingerprint density at radius 2 is 1.88 bits per heavy atom. The Morgan fingerprint density at radius 1 is 1.03 bits per heavy atom. The lowest BCUT2D eigenvalue weighted by molar-refractivity contribution is 0.330. The molecule has 2 aromatic heterocycles. The van der Waals surface area contributed by atoms with Crippen molar-refractivity contribution in [1.29, 1.82) is 0 Å². The molecule has 4 aromatic rings. The van der Waals surface area contributed by atoms with Crippen molar-refractivity contribution in [3.05, 3.63) is 72.3 Å². The number of nitrogens with zero attached hydrogens (tertiary/aromatic N) is 6. The van der Waals surface area contributed by atoms with Crippen LogP contribution in [-0.2, 0) is 12.3 Å². The van der Waals surface area contributed by atoms with Crippen LogP contribution in [-0.4, -0.2) is 36.9 Å². The van der Waals surface area contributed by atoms with Gasteiger partial charge in [-0.1, -0.05) is 55.3 Å². The molecule has 0 bridgehead atoms.